The van der Waals surface area contributed by atoms with Gasteiger partial charge in [-0.2, -0.15) is 11.8 Å². The highest BCUT2D eigenvalue weighted by atomic mass is 32.2. The lowest BCUT2D eigenvalue weighted by Crippen LogP contribution is -2.57. The Balaban J connectivity index is 5.39. The average molecular weight is 464 g/mol. The molecule has 31 heavy (non-hydrogen) atoms. The zero-order chi connectivity index (χ0) is 24.1. The summed E-state index contributed by atoms with van der Waals surface area (Å²) in [5.74, 6) is -5.63. The third kappa shape index (κ3) is 11.8. The standard InChI is InChI=1S/C17H29N5O8S/c1-8(18)14(26)22-11(7-13(24)25)16(28)20-9(5-6-31-2)15(27)21-10(17(29)30)3-4-12(19)23/h8-11H,3-7,18H2,1-2H3,(H2,19,23)(H,20,28)(H,21,27)(H,22,26)(H,24,25)(H,29,30). The molecule has 4 amide bonds. The van der Waals surface area contributed by atoms with Gasteiger partial charge in [-0.25, -0.2) is 4.79 Å². The van der Waals surface area contributed by atoms with Gasteiger partial charge in [-0.1, -0.05) is 0 Å². The van der Waals surface area contributed by atoms with Crippen molar-refractivity contribution in [2.24, 2.45) is 11.5 Å². The van der Waals surface area contributed by atoms with E-state index in [1.54, 1.807) is 6.26 Å². The van der Waals surface area contributed by atoms with Crippen molar-refractivity contribution in [2.75, 3.05) is 12.0 Å². The molecular weight excluding hydrogens is 434 g/mol. The minimum absolute atomic E-state index is 0.0991. The van der Waals surface area contributed by atoms with Gasteiger partial charge in [-0.3, -0.25) is 24.0 Å². The third-order valence-corrected chi connectivity index (χ3v) is 4.61. The van der Waals surface area contributed by atoms with E-state index in [-0.39, 0.29) is 19.3 Å². The second-order valence-corrected chi connectivity index (χ2v) is 7.68. The fourth-order valence-corrected chi connectivity index (χ4v) is 2.75. The summed E-state index contributed by atoms with van der Waals surface area (Å²) in [4.78, 5) is 70.2. The van der Waals surface area contributed by atoms with Crippen molar-refractivity contribution in [1.82, 2.24) is 16.0 Å². The van der Waals surface area contributed by atoms with Crippen molar-refractivity contribution in [3.8, 4) is 0 Å². The fourth-order valence-electron chi connectivity index (χ4n) is 2.28. The summed E-state index contributed by atoms with van der Waals surface area (Å²) in [7, 11) is 0. The molecule has 0 rings (SSSR count). The molecule has 0 aromatic heterocycles. The number of primary amides is 1. The smallest absolute Gasteiger partial charge is 0.326 e. The Kier molecular flexibility index (Phi) is 12.9. The predicted octanol–water partition coefficient (Wildman–Crippen LogP) is -2.63. The zero-order valence-corrected chi connectivity index (χ0v) is 18.1. The van der Waals surface area contributed by atoms with Crippen molar-refractivity contribution in [1.29, 1.82) is 0 Å². The van der Waals surface area contributed by atoms with Crippen LogP contribution in [0.4, 0.5) is 0 Å². The van der Waals surface area contributed by atoms with Crippen LogP contribution in [0.15, 0.2) is 0 Å². The monoisotopic (exact) mass is 463 g/mol. The van der Waals surface area contributed by atoms with Crippen molar-refractivity contribution in [3.63, 3.8) is 0 Å². The van der Waals surface area contributed by atoms with Crippen LogP contribution < -0.4 is 27.4 Å². The summed E-state index contributed by atoms with van der Waals surface area (Å²) in [5.41, 5.74) is 10.4. The van der Waals surface area contributed by atoms with Crippen molar-refractivity contribution in [2.45, 2.75) is 56.8 Å². The Labute approximate surface area is 183 Å². The van der Waals surface area contributed by atoms with Gasteiger partial charge in [0.15, 0.2) is 0 Å². The molecule has 0 aliphatic rings. The van der Waals surface area contributed by atoms with Crippen LogP contribution in [-0.2, 0) is 28.8 Å². The Bertz CT molecular complexity index is 687. The van der Waals surface area contributed by atoms with Crippen molar-refractivity contribution in [3.05, 3.63) is 0 Å². The Hall–Kier alpha value is -2.87. The highest BCUT2D eigenvalue weighted by Gasteiger charge is 2.30. The van der Waals surface area contributed by atoms with Crippen LogP contribution in [0.3, 0.4) is 0 Å². The summed E-state index contributed by atoms with van der Waals surface area (Å²) in [5, 5.41) is 25.0. The maximum absolute atomic E-state index is 12.6. The van der Waals surface area contributed by atoms with Crippen LogP contribution in [0.25, 0.3) is 0 Å². The fraction of sp³-hybridized carbons (Fsp3) is 0.647. The van der Waals surface area contributed by atoms with Crippen molar-refractivity contribution < 1.29 is 39.0 Å². The SMILES string of the molecule is CSCCC(NC(=O)C(CC(=O)O)NC(=O)C(C)N)C(=O)NC(CCC(N)=O)C(=O)O. The molecular formula is C17H29N5O8S. The molecule has 0 aromatic carbocycles. The summed E-state index contributed by atoms with van der Waals surface area (Å²) in [6.07, 6.45) is 0.577. The number of carbonyl (C=O) groups is 6. The van der Waals surface area contributed by atoms with Crippen LogP contribution in [0.5, 0.6) is 0 Å². The largest absolute Gasteiger partial charge is 0.481 e. The maximum atomic E-state index is 12.6. The van der Waals surface area contributed by atoms with Gasteiger partial charge in [0.25, 0.3) is 0 Å². The minimum Gasteiger partial charge on any atom is -0.481 e. The van der Waals surface area contributed by atoms with E-state index in [4.69, 9.17) is 16.6 Å². The topological polar surface area (TPSA) is 231 Å². The molecule has 4 atom stereocenters. The number of rotatable bonds is 15. The van der Waals surface area contributed by atoms with Gasteiger partial charge < -0.3 is 37.6 Å². The van der Waals surface area contributed by atoms with E-state index in [1.807, 2.05) is 0 Å². The van der Waals surface area contributed by atoms with E-state index in [0.717, 1.165) is 0 Å². The number of carboxylic acid groups (broad SMARTS) is 2. The lowest BCUT2D eigenvalue weighted by Gasteiger charge is -2.24. The summed E-state index contributed by atoms with van der Waals surface area (Å²) in [6, 6.07) is -5.12. The second-order valence-electron chi connectivity index (χ2n) is 6.69. The first-order chi connectivity index (χ1) is 14.4. The first kappa shape index (κ1) is 28.1. The second kappa shape index (κ2) is 14.2. The zero-order valence-electron chi connectivity index (χ0n) is 17.3. The molecule has 13 nitrogen and oxygen atoms in total. The Morgan fingerprint density at radius 3 is 1.84 bits per heavy atom. The van der Waals surface area contributed by atoms with Gasteiger partial charge in [-0.05, 0) is 31.8 Å². The molecule has 0 fully saturated rings. The van der Waals surface area contributed by atoms with Gasteiger partial charge in [0.1, 0.15) is 18.1 Å². The quantitative estimate of drug-likeness (QED) is 0.133. The van der Waals surface area contributed by atoms with Crippen LogP contribution in [0.2, 0.25) is 0 Å². The number of thioether (sulfide) groups is 1. The summed E-state index contributed by atoms with van der Waals surface area (Å²) in [6.45, 7) is 1.35. The lowest BCUT2D eigenvalue weighted by molar-refractivity contribution is -0.143. The van der Waals surface area contributed by atoms with Crippen LogP contribution in [0, 0.1) is 0 Å². The third-order valence-electron chi connectivity index (χ3n) is 3.96. The highest BCUT2D eigenvalue weighted by Crippen LogP contribution is 2.05. The molecule has 176 valence electrons. The molecule has 0 saturated heterocycles. The van der Waals surface area contributed by atoms with E-state index >= 15 is 0 Å². The first-order valence-corrected chi connectivity index (χ1v) is 10.7. The molecule has 0 saturated carbocycles. The first-order valence-electron chi connectivity index (χ1n) is 9.27. The van der Waals surface area contributed by atoms with E-state index in [1.165, 1.54) is 18.7 Å². The van der Waals surface area contributed by atoms with Crippen LogP contribution in [0.1, 0.15) is 32.6 Å². The van der Waals surface area contributed by atoms with E-state index in [2.05, 4.69) is 16.0 Å². The van der Waals surface area contributed by atoms with E-state index in [9.17, 15) is 33.9 Å². The van der Waals surface area contributed by atoms with Crippen LogP contribution >= 0.6 is 11.8 Å². The number of carbonyl (C=O) groups excluding carboxylic acids is 4. The molecule has 0 heterocycles. The predicted molar refractivity (Wildman–Crippen MR) is 111 cm³/mol. The molecule has 9 N–H and O–H groups in total. The number of aliphatic carboxylic acids is 2. The normalized spacial score (nSPS) is 14.4. The van der Waals surface area contributed by atoms with Crippen molar-refractivity contribution >= 4 is 47.3 Å². The number of nitrogens with one attached hydrogen (secondary N) is 3. The molecule has 0 aliphatic carbocycles. The number of amides is 4. The van der Waals surface area contributed by atoms with Gasteiger partial charge in [0, 0.05) is 6.42 Å². The summed E-state index contributed by atoms with van der Waals surface area (Å²) >= 11 is 1.36. The lowest BCUT2D eigenvalue weighted by atomic mass is 10.1. The minimum atomic E-state index is -1.49. The van der Waals surface area contributed by atoms with E-state index < -0.39 is 66.2 Å². The number of carboxylic acids is 2. The number of hydrogen-bond acceptors (Lipinski definition) is 8. The molecule has 0 spiro atoms. The molecule has 0 aliphatic heterocycles. The van der Waals surface area contributed by atoms with Gasteiger partial charge in [0.2, 0.25) is 23.6 Å². The molecule has 0 radical (unpaired) electrons. The Morgan fingerprint density at radius 1 is 0.871 bits per heavy atom. The maximum Gasteiger partial charge on any atom is 0.326 e. The Morgan fingerprint density at radius 2 is 1.39 bits per heavy atom. The van der Waals surface area contributed by atoms with Gasteiger partial charge in [-0.15, -0.1) is 0 Å². The highest BCUT2D eigenvalue weighted by molar-refractivity contribution is 7.98. The number of hydrogen-bond donors (Lipinski definition) is 7. The van der Waals surface area contributed by atoms with Gasteiger partial charge >= 0.3 is 11.9 Å². The molecule has 0 aromatic rings. The molecule has 0 bridgehead atoms. The number of nitrogens with two attached hydrogens (primary N) is 2. The summed E-state index contributed by atoms with van der Waals surface area (Å²) < 4.78 is 0. The van der Waals surface area contributed by atoms with E-state index in [0.29, 0.717) is 5.75 Å². The molecule has 14 heteroatoms. The van der Waals surface area contributed by atoms with Crippen LogP contribution in [-0.4, -0.2) is 82.0 Å². The average Bonchev–Trinajstić information content (AvgIpc) is 2.66. The van der Waals surface area contributed by atoms with Gasteiger partial charge in [0.05, 0.1) is 12.5 Å². The molecule has 4 unspecified atom stereocenters.